The molecule has 0 aliphatic carbocycles. The van der Waals surface area contributed by atoms with Gasteiger partial charge in [0.25, 0.3) is 11.8 Å². The molecule has 5 heteroatoms. The molecule has 0 atom stereocenters. The number of ether oxygens (including phenoxy) is 1. The Bertz CT molecular complexity index is 1170. The molecule has 4 nitrogen and oxygen atoms in total. The molecule has 2 amide bonds. The molecule has 0 N–H and O–H groups in total. The van der Waals surface area contributed by atoms with Gasteiger partial charge in [-0.1, -0.05) is 60.3 Å². The molecule has 0 radical (unpaired) electrons. The molecule has 30 heavy (non-hydrogen) atoms. The van der Waals surface area contributed by atoms with Gasteiger partial charge in [-0.05, 0) is 54.8 Å². The summed E-state index contributed by atoms with van der Waals surface area (Å²) in [5.41, 5.74) is 3.81. The molecule has 3 aromatic rings. The third-order valence-electron chi connectivity index (χ3n) is 5.13. The van der Waals surface area contributed by atoms with Gasteiger partial charge in [0.1, 0.15) is 5.75 Å². The van der Waals surface area contributed by atoms with Gasteiger partial charge in [-0.15, -0.1) is 0 Å². The quantitative estimate of drug-likeness (QED) is 0.524. The fraction of sp³-hybridized carbons (Fsp3) is 0.120. The van der Waals surface area contributed by atoms with Crippen LogP contribution in [0.15, 0.2) is 82.6 Å². The number of carbonyl (C=O) groups is 2. The number of hydrogen-bond acceptors (Lipinski definition) is 4. The predicted molar refractivity (Wildman–Crippen MR) is 121 cm³/mol. The van der Waals surface area contributed by atoms with Crippen LogP contribution in [0, 0.1) is 13.8 Å². The maximum Gasteiger partial charge on any atom is 0.273 e. The lowest BCUT2D eigenvalue weighted by Crippen LogP contribution is -2.31. The number of amides is 2. The molecule has 0 spiro atoms. The van der Waals surface area contributed by atoms with Crippen molar-refractivity contribution in [2.75, 3.05) is 12.0 Å². The van der Waals surface area contributed by atoms with Crippen LogP contribution in [0.2, 0.25) is 0 Å². The number of carbonyl (C=O) groups excluding carboxylic acids is 2. The van der Waals surface area contributed by atoms with E-state index in [-0.39, 0.29) is 11.8 Å². The summed E-state index contributed by atoms with van der Waals surface area (Å²) in [5.74, 6) is -0.206. The maximum atomic E-state index is 13.6. The number of rotatable bonds is 5. The zero-order valence-electron chi connectivity index (χ0n) is 17.0. The van der Waals surface area contributed by atoms with E-state index in [1.54, 1.807) is 18.2 Å². The molecule has 0 fully saturated rings. The van der Waals surface area contributed by atoms with Gasteiger partial charge in [0.05, 0.1) is 23.3 Å². The van der Waals surface area contributed by atoms with Gasteiger partial charge in [0.2, 0.25) is 0 Å². The van der Waals surface area contributed by atoms with Gasteiger partial charge in [-0.3, -0.25) is 9.59 Å². The topological polar surface area (TPSA) is 46.6 Å². The van der Waals surface area contributed by atoms with Gasteiger partial charge >= 0.3 is 0 Å². The van der Waals surface area contributed by atoms with Crippen LogP contribution < -0.4 is 9.64 Å². The van der Waals surface area contributed by atoms with E-state index < -0.39 is 0 Å². The van der Waals surface area contributed by atoms with E-state index in [4.69, 9.17) is 4.74 Å². The largest absolute Gasteiger partial charge is 0.495 e. The first-order valence-electron chi connectivity index (χ1n) is 9.58. The first-order chi connectivity index (χ1) is 14.5. The van der Waals surface area contributed by atoms with Crippen LogP contribution in [0.1, 0.15) is 16.7 Å². The van der Waals surface area contributed by atoms with E-state index in [0.717, 1.165) is 21.6 Å². The number of imide groups is 1. The number of anilines is 1. The zero-order valence-corrected chi connectivity index (χ0v) is 17.8. The Morgan fingerprint density at radius 2 is 1.50 bits per heavy atom. The molecule has 1 aliphatic heterocycles. The number of hydrogen-bond donors (Lipinski definition) is 0. The summed E-state index contributed by atoms with van der Waals surface area (Å²) in [6.45, 7) is 4.03. The van der Waals surface area contributed by atoms with Gasteiger partial charge < -0.3 is 4.74 Å². The molecule has 0 saturated heterocycles. The van der Waals surface area contributed by atoms with Crippen molar-refractivity contribution in [3.63, 3.8) is 0 Å². The number of thioether (sulfide) groups is 1. The minimum atomic E-state index is -0.341. The summed E-state index contributed by atoms with van der Waals surface area (Å²) in [6.07, 6.45) is 0. The Balaban J connectivity index is 1.87. The Labute approximate surface area is 180 Å². The lowest BCUT2D eigenvalue weighted by atomic mass is 10.0. The average Bonchev–Trinajstić information content (AvgIpc) is 3.00. The second-order valence-corrected chi connectivity index (χ2v) is 8.12. The van der Waals surface area contributed by atoms with Crippen LogP contribution >= 0.6 is 11.8 Å². The van der Waals surface area contributed by atoms with Crippen molar-refractivity contribution in [3.05, 3.63) is 94.4 Å². The third-order valence-corrected chi connectivity index (χ3v) is 6.22. The Morgan fingerprint density at radius 1 is 0.800 bits per heavy atom. The van der Waals surface area contributed by atoms with Crippen molar-refractivity contribution in [1.82, 2.24) is 0 Å². The normalized spacial score (nSPS) is 13.9. The molecule has 0 unspecified atom stereocenters. The molecule has 1 aliphatic rings. The Kier molecular flexibility index (Phi) is 5.46. The fourth-order valence-corrected chi connectivity index (χ4v) is 4.41. The number of para-hydroxylation sites is 2. The Morgan fingerprint density at radius 3 is 2.20 bits per heavy atom. The summed E-state index contributed by atoms with van der Waals surface area (Å²) in [7, 11) is 1.53. The molecular formula is C25H21NO3S. The summed E-state index contributed by atoms with van der Waals surface area (Å²) in [6, 6.07) is 22.5. The fourth-order valence-electron chi connectivity index (χ4n) is 3.40. The van der Waals surface area contributed by atoms with Crippen LogP contribution in [0.25, 0.3) is 5.57 Å². The lowest BCUT2D eigenvalue weighted by molar-refractivity contribution is -0.119. The third kappa shape index (κ3) is 3.53. The Hall–Kier alpha value is -3.31. The first kappa shape index (κ1) is 20.0. The van der Waals surface area contributed by atoms with Gasteiger partial charge in [0.15, 0.2) is 0 Å². The molecule has 4 rings (SSSR count). The van der Waals surface area contributed by atoms with E-state index in [9.17, 15) is 9.59 Å². The summed E-state index contributed by atoms with van der Waals surface area (Å²) >= 11 is 1.31. The monoisotopic (exact) mass is 415 g/mol. The van der Waals surface area contributed by atoms with Gasteiger partial charge in [0, 0.05) is 4.90 Å². The second-order valence-electron chi connectivity index (χ2n) is 7.04. The van der Waals surface area contributed by atoms with Crippen molar-refractivity contribution in [3.8, 4) is 5.75 Å². The standard InChI is InChI=1S/C25H21NO3S/c1-16-13-14-18(15-17(16)2)22-23(30-19-9-5-4-6-10-19)25(28)26(24(22)27)20-11-7-8-12-21(20)29-3/h4-15H,1-3H3. The summed E-state index contributed by atoms with van der Waals surface area (Å²) < 4.78 is 5.41. The van der Waals surface area contributed by atoms with Crippen LogP contribution in [0.3, 0.4) is 0 Å². The second kappa shape index (κ2) is 8.20. The molecule has 150 valence electrons. The maximum absolute atomic E-state index is 13.6. The van der Waals surface area contributed by atoms with Crippen LogP contribution in [-0.2, 0) is 9.59 Å². The zero-order chi connectivity index (χ0) is 21.3. The number of aryl methyl sites for hydroxylation is 2. The minimum absolute atomic E-state index is 0.341. The summed E-state index contributed by atoms with van der Waals surface area (Å²) in [4.78, 5) is 29.6. The van der Waals surface area contributed by atoms with E-state index in [2.05, 4.69) is 0 Å². The lowest BCUT2D eigenvalue weighted by Gasteiger charge is -2.18. The number of nitrogens with zero attached hydrogens (tertiary/aromatic N) is 1. The van der Waals surface area contributed by atoms with Crippen molar-refractivity contribution in [2.24, 2.45) is 0 Å². The molecule has 3 aromatic carbocycles. The van der Waals surface area contributed by atoms with E-state index in [1.165, 1.54) is 23.8 Å². The molecule has 0 bridgehead atoms. The van der Waals surface area contributed by atoms with Crippen LogP contribution in [0.5, 0.6) is 5.75 Å². The minimum Gasteiger partial charge on any atom is -0.495 e. The van der Waals surface area contributed by atoms with Crippen LogP contribution in [0.4, 0.5) is 5.69 Å². The van der Waals surface area contributed by atoms with Gasteiger partial charge in [-0.25, -0.2) is 4.90 Å². The van der Waals surface area contributed by atoms with Crippen molar-refractivity contribution in [1.29, 1.82) is 0 Å². The highest BCUT2D eigenvalue weighted by Gasteiger charge is 2.41. The van der Waals surface area contributed by atoms with Crippen LogP contribution in [-0.4, -0.2) is 18.9 Å². The van der Waals surface area contributed by atoms with E-state index in [0.29, 0.717) is 21.9 Å². The van der Waals surface area contributed by atoms with E-state index in [1.807, 2.05) is 68.4 Å². The smallest absolute Gasteiger partial charge is 0.273 e. The highest BCUT2D eigenvalue weighted by atomic mass is 32.2. The molecular weight excluding hydrogens is 394 g/mol. The van der Waals surface area contributed by atoms with Gasteiger partial charge in [-0.2, -0.15) is 0 Å². The van der Waals surface area contributed by atoms with Crippen molar-refractivity contribution < 1.29 is 14.3 Å². The van der Waals surface area contributed by atoms with Crippen molar-refractivity contribution >= 4 is 34.8 Å². The predicted octanol–water partition coefficient (Wildman–Crippen LogP) is 5.39. The average molecular weight is 416 g/mol. The molecule has 1 heterocycles. The number of methoxy groups -OCH3 is 1. The van der Waals surface area contributed by atoms with E-state index >= 15 is 0 Å². The summed E-state index contributed by atoms with van der Waals surface area (Å²) in [5, 5.41) is 0. The molecule has 0 aromatic heterocycles. The SMILES string of the molecule is COc1ccccc1N1C(=O)C(Sc2ccccc2)=C(c2ccc(C)c(C)c2)C1=O. The molecule has 0 saturated carbocycles. The first-order valence-corrected chi connectivity index (χ1v) is 10.4. The highest BCUT2D eigenvalue weighted by Crippen LogP contribution is 2.43. The van der Waals surface area contributed by atoms with Crippen molar-refractivity contribution in [2.45, 2.75) is 18.7 Å². The highest BCUT2D eigenvalue weighted by molar-refractivity contribution is 8.04. The number of benzene rings is 3.